The molecule has 2 atom stereocenters. The van der Waals surface area contributed by atoms with Crippen LogP contribution in [0.1, 0.15) is 29.3 Å². The lowest BCUT2D eigenvalue weighted by Gasteiger charge is -2.43. The van der Waals surface area contributed by atoms with Crippen molar-refractivity contribution in [3.05, 3.63) is 70.5 Å². The van der Waals surface area contributed by atoms with Crippen LogP contribution < -0.4 is 0 Å². The number of piperazine rings is 1. The fourth-order valence-electron chi connectivity index (χ4n) is 4.55. The molecule has 2 heterocycles. The molecule has 0 unspecified atom stereocenters. The van der Waals surface area contributed by atoms with Crippen molar-refractivity contribution in [2.75, 3.05) is 32.7 Å². The number of hydrogen-bond donors (Lipinski definition) is 0. The third-order valence-corrected chi connectivity index (χ3v) is 6.35. The van der Waals surface area contributed by atoms with Crippen LogP contribution in [0.5, 0.6) is 0 Å². The molecule has 2 saturated heterocycles. The zero-order chi connectivity index (χ0) is 20.4. The molecule has 1 amide bonds. The first-order chi connectivity index (χ1) is 14.0. The summed E-state index contributed by atoms with van der Waals surface area (Å²) in [5.74, 6) is -0.0994. The highest BCUT2D eigenvalue weighted by Crippen LogP contribution is 2.23. The number of amides is 1. The number of likely N-dealkylation sites (tertiary alicyclic amines) is 1. The number of nitrogens with zero attached hydrogens (tertiary/aromatic N) is 3. The van der Waals surface area contributed by atoms with E-state index in [9.17, 15) is 9.18 Å². The minimum absolute atomic E-state index is 0.0896. The van der Waals surface area contributed by atoms with Gasteiger partial charge in [0.25, 0.3) is 5.91 Å². The average Bonchev–Trinajstić information content (AvgIpc) is 3.20. The molecule has 6 heteroatoms. The molecule has 0 N–H and O–H groups in total. The van der Waals surface area contributed by atoms with Crippen LogP contribution in [0.2, 0.25) is 5.02 Å². The molecular weight excluding hydrogens is 389 g/mol. The molecule has 0 radical (unpaired) electrons. The molecule has 4 rings (SSSR count). The van der Waals surface area contributed by atoms with Crippen molar-refractivity contribution < 1.29 is 9.18 Å². The molecule has 154 valence electrons. The van der Waals surface area contributed by atoms with Crippen molar-refractivity contribution in [1.82, 2.24) is 14.7 Å². The van der Waals surface area contributed by atoms with E-state index < -0.39 is 0 Å². The van der Waals surface area contributed by atoms with Crippen molar-refractivity contribution in [2.45, 2.75) is 32.0 Å². The number of hydrogen-bond acceptors (Lipinski definition) is 3. The third kappa shape index (κ3) is 4.80. The molecule has 4 nitrogen and oxygen atoms in total. The van der Waals surface area contributed by atoms with E-state index in [0.29, 0.717) is 22.7 Å². The fourth-order valence-corrected chi connectivity index (χ4v) is 4.68. The minimum Gasteiger partial charge on any atom is -0.337 e. The summed E-state index contributed by atoms with van der Waals surface area (Å²) < 4.78 is 13.1. The van der Waals surface area contributed by atoms with Crippen LogP contribution in [0.4, 0.5) is 4.39 Å². The summed E-state index contributed by atoms with van der Waals surface area (Å²) >= 11 is 5.93. The maximum Gasteiger partial charge on any atom is 0.253 e. The molecule has 2 aromatic rings. The Labute approximate surface area is 176 Å². The van der Waals surface area contributed by atoms with Crippen LogP contribution in [0.25, 0.3) is 0 Å². The number of halogens is 2. The van der Waals surface area contributed by atoms with E-state index in [4.69, 9.17) is 11.6 Å². The van der Waals surface area contributed by atoms with Gasteiger partial charge in [-0.25, -0.2) is 4.39 Å². The van der Waals surface area contributed by atoms with Crippen LogP contribution in [0.15, 0.2) is 48.5 Å². The third-order valence-electron chi connectivity index (χ3n) is 6.09. The van der Waals surface area contributed by atoms with Gasteiger partial charge in [-0.1, -0.05) is 23.7 Å². The summed E-state index contributed by atoms with van der Waals surface area (Å²) in [6, 6.07) is 14.8. The van der Waals surface area contributed by atoms with Gasteiger partial charge in [-0.15, -0.1) is 0 Å². The largest absolute Gasteiger partial charge is 0.337 e. The van der Waals surface area contributed by atoms with Crippen molar-refractivity contribution in [2.24, 2.45) is 0 Å². The average molecular weight is 416 g/mol. The van der Waals surface area contributed by atoms with Crippen LogP contribution >= 0.6 is 11.6 Å². The van der Waals surface area contributed by atoms with Gasteiger partial charge in [-0.3, -0.25) is 14.6 Å². The number of rotatable bonds is 4. The second kappa shape index (κ2) is 8.82. The Balaban J connectivity index is 1.31. The smallest absolute Gasteiger partial charge is 0.253 e. The van der Waals surface area contributed by atoms with E-state index in [0.717, 1.165) is 51.3 Å². The standard InChI is InChI=1S/C23H27ClFN3O/c1-17-14-26(15-18-2-8-21(25)9-3-18)12-13-28(17)22-10-11-27(16-22)23(29)19-4-6-20(24)7-5-19/h2-9,17,22H,10-16H2,1H3/t17-,22-/m1/s1. The van der Waals surface area contributed by atoms with Gasteiger partial charge in [-0.05, 0) is 55.3 Å². The Hall–Kier alpha value is -1.95. The van der Waals surface area contributed by atoms with E-state index in [-0.39, 0.29) is 11.7 Å². The van der Waals surface area contributed by atoms with Crippen molar-refractivity contribution >= 4 is 17.5 Å². The molecule has 0 aromatic heterocycles. The summed E-state index contributed by atoms with van der Waals surface area (Å²) in [5, 5.41) is 0.646. The number of carbonyl (C=O) groups is 1. The summed E-state index contributed by atoms with van der Waals surface area (Å²) in [5.41, 5.74) is 1.85. The van der Waals surface area contributed by atoms with Crippen LogP contribution in [-0.2, 0) is 6.54 Å². The maximum atomic E-state index is 13.1. The molecule has 2 aromatic carbocycles. The topological polar surface area (TPSA) is 26.8 Å². The highest BCUT2D eigenvalue weighted by molar-refractivity contribution is 6.30. The molecule has 0 saturated carbocycles. The summed E-state index contributed by atoms with van der Waals surface area (Å²) in [6.07, 6.45) is 1.02. The highest BCUT2D eigenvalue weighted by atomic mass is 35.5. The fraction of sp³-hybridized carbons (Fsp3) is 0.435. The van der Waals surface area contributed by atoms with Gasteiger partial charge in [0.2, 0.25) is 0 Å². The van der Waals surface area contributed by atoms with E-state index in [2.05, 4.69) is 16.7 Å². The van der Waals surface area contributed by atoms with Crippen molar-refractivity contribution in [3.8, 4) is 0 Å². The van der Waals surface area contributed by atoms with E-state index in [1.165, 1.54) is 12.1 Å². The first-order valence-corrected chi connectivity index (χ1v) is 10.6. The summed E-state index contributed by atoms with van der Waals surface area (Å²) in [6.45, 7) is 7.67. The number of carbonyl (C=O) groups excluding carboxylic acids is 1. The predicted octanol–water partition coefficient (Wildman–Crippen LogP) is 3.90. The maximum absolute atomic E-state index is 13.1. The molecule has 0 bridgehead atoms. The van der Waals surface area contributed by atoms with Gasteiger partial charge in [0.1, 0.15) is 5.82 Å². The molecule has 29 heavy (non-hydrogen) atoms. The van der Waals surface area contributed by atoms with E-state index in [1.807, 2.05) is 17.0 Å². The predicted molar refractivity (Wildman–Crippen MR) is 114 cm³/mol. The van der Waals surface area contributed by atoms with Gasteiger partial charge < -0.3 is 4.90 Å². The molecular formula is C23H27ClFN3O. The van der Waals surface area contributed by atoms with Crippen molar-refractivity contribution in [1.29, 1.82) is 0 Å². The normalized spacial score (nSPS) is 23.5. The van der Waals surface area contributed by atoms with Gasteiger partial charge in [0, 0.05) is 61.9 Å². The highest BCUT2D eigenvalue weighted by Gasteiger charge is 2.35. The van der Waals surface area contributed by atoms with Gasteiger partial charge in [-0.2, -0.15) is 0 Å². The van der Waals surface area contributed by atoms with Gasteiger partial charge in [0.15, 0.2) is 0 Å². The number of benzene rings is 2. The lowest BCUT2D eigenvalue weighted by molar-refractivity contribution is 0.0460. The molecule has 2 aliphatic rings. The summed E-state index contributed by atoms with van der Waals surface area (Å²) in [4.78, 5) is 19.7. The Morgan fingerprint density at radius 1 is 1.03 bits per heavy atom. The lowest BCUT2D eigenvalue weighted by Crippen LogP contribution is -2.55. The monoisotopic (exact) mass is 415 g/mol. The first kappa shape index (κ1) is 20.3. The molecule has 2 aliphatic heterocycles. The second-order valence-corrected chi connectivity index (χ2v) is 8.59. The molecule has 2 fully saturated rings. The van der Waals surface area contributed by atoms with Crippen LogP contribution in [0.3, 0.4) is 0 Å². The zero-order valence-electron chi connectivity index (χ0n) is 16.7. The second-order valence-electron chi connectivity index (χ2n) is 8.15. The van der Waals surface area contributed by atoms with Gasteiger partial charge in [0.05, 0.1) is 0 Å². The molecule has 0 aliphatic carbocycles. The van der Waals surface area contributed by atoms with E-state index >= 15 is 0 Å². The van der Waals surface area contributed by atoms with Crippen LogP contribution in [0, 0.1) is 5.82 Å². The SMILES string of the molecule is C[C@@H]1CN(Cc2ccc(F)cc2)CCN1[C@@H]1CCN(C(=O)c2ccc(Cl)cc2)C1. The lowest BCUT2D eigenvalue weighted by atomic mass is 10.1. The summed E-state index contributed by atoms with van der Waals surface area (Å²) in [7, 11) is 0. The Bertz CT molecular complexity index is 842. The van der Waals surface area contributed by atoms with E-state index in [1.54, 1.807) is 24.3 Å². The van der Waals surface area contributed by atoms with Gasteiger partial charge >= 0.3 is 0 Å². The Kier molecular flexibility index (Phi) is 6.18. The van der Waals surface area contributed by atoms with Crippen LogP contribution in [-0.4, -0.2) is 65.4 Å². The van der Waals surface area contributed by atoms with Crippen molar-refractivity contribution in [3.63, 3.8) is 0 Å². The first-order valence-electron chi connectivity index (χ1n) is 10.3. The quantitative estimate of drug-likeness (QED) is 0.757. The molecule has 0 spiro atoms. The zero-order valence-corrected chi connectivity index (χ0v) is 17.5. The Morgan fingerprint density at radius 2 is 1.76 bits per heavy atom. The minimum atomic E-state index is -0.189. The Morgan fingerprint density at radius 3 is 2.45 bits per heavy atom.